The molecule has 1 aliphatic carbocycles. The molecule has 1 aromatic heterocycles. The zero-order chi connectivity index (χ0) is 13.8. The van der Waals surface area contributed by atoms with Gasteiger partial charge in [-0.3, -0.25) is 4.79 Å². The predicted octanol–water partition coefficient (Wildman–Crippen LogP) is 1.62. The summed E-state index contributed by atoms with van der Waals surface area (Å²) in [5.74, 6) is -0.863. The summed E-state index contributed by atoms with van der Waals surface area (Å²) in [6, 6.07) is 0.403. The van der Waals surface area contributed by atoms with Crippen molar-refractivity contribution in [1.29, 1.82) is 0 Å². The van der Waals surface area contributed by atoms with Gasteiger partial charge in [-0.2, -0.15) is 0 Å². The number of thiazole rings is 1. The fourth-order valence-corrected chi connectivity index (χ4v) is 2.47. The van der Waals surface area contributed by atoms with Crippen LogP contribution >= 0.6 is 11.3 Å². The van der Waals surface area contributed by atoms with Crippen LogP contribution in [0, 0.1) is 6.92 Å². The Bertz CT molecular complexity index is 483. The van der Waals surface area contributed by atoms with Crippen LogP contribution in [-0.2, 0) is 4.79 Å². The van der Waals surface area contributed by atoms with Gasteiger partial charge in [-0.15, -0.1) is 0 Å². The van der Waals surface area contributed by atoms with E-state index in [1.807, 2.05) is 0 Å². The van der Waals surface area contributed by atoms with Gasteiger partial charge >= 0.3 is 5.97 Å². The van der Waals surface area contributed by atoms with Crippen molar-refractivity contribution >= 4 is 28.3 Å². The first-order valence-corrected chi connectivity index (χ1v) is 7.12. The zero-order valence-corrected chi connectivity index (χ0v) is 11.5. The van der Waals surface area contributed by atoms with Crippen LogP contribution in [0.4, 0.5) is 5.13 Å². The highest BCUT2D eigenvalue weighted by Gasteiger charge is 2.22. The highest BCUT2D eigenvalue weighted by Crippen LogP contribution is 2.22. The van der Waals surface area contributed by atoms with Crippen molar-refractivity contribution in [1.82, 2.24) is 10.3 Å². The molecule has 0 atom stereocenters. The fourth-order valence-electron chi connectivity index (χ4n) is 1.64. The molecule has 1 heterocycles. The van der Waals surface area contributed by atoms with Crippen LogP contribution in [0.2, 0.25) is 0 Å². The van der Waals surface area contributed by atoms with E-state index in [4.69, 9.17) is 5.11 Å². The number of rotatable bonds is 7. The molecule has 1 fully saturated rings. The Balaban J connectivity index is 1.68. The minimum absolute atomic E-state index is 0.0887. The van der Waals surface area contributed by atoms with E-state index < -0.39 is 5.97 Å². The summed E-state index contributed by atoms with van der Waals surface area (Å²) in [5, 5.41) is 15.5. The molecule has 0 aromatic carbocycles. The highest BCUT2D eigenvalue weighted by molar-refractivity contribution is 7.17. The van der Waals surface area contributed by atoms with E-state index in [2.05, 4.69) is 15.6 Å². The lowest BCUT2D eigenvalue weighted by atomic mass is 10.3. The Labute approximate surface area is 115 Å². The first kappa shape index (κ1) is 13.8. The molecular formula is C12H17N3O3S. The average Bonchev–Trinajstić information content (AvgIpc) is 3.06. The number of hydrogen-bond donors (Lipinski definition) is 3. The molecule has 6 nitrogen and oxygen atoms in total. The summed E-state index contributed by atoms with van der Waals surface area (Å²) in [5.41, 5.74) is 0.520. The van der Waals surface area contributed by atoms with Crippen LogP contribution in [0.25, 0.3) is 0 Å². The summed E-state index contributed by atoms with van der Waals surface area (Å²) in [7, 11) is 0. The van der Waals surface area contributed by atoms with Gasteiger partial charge in [0.2, 0.25) is 5.91 Å². The lowest BCUT2D eigenvalue weighted by Crippen LogP contribution is -2.25. The van der Waals surface area contributed by atoms with Crippen LogP contribution in [0.5, 0.6) is 0 Å². The molecule has 0 bridgehead atoms. The summed E-state index contributed by atoms with van der Waals surface area (Å²) in [4.78, 5) is 26.7. The number of aromatic nitrogens is 1. The Morgan fingerprint density at radius 2 is 2.21 bits per heavy atom. The molecule has 1 aromatic rings. The van der Waals surface area contributed by atoms with E-state index in [0.717, 1.165) is 24.2 Å². The molecular weight excluding hydrogens is 266 g/mol. The van der Waals surface area contributed by atoms with Crippen molar-refractivity contribution in [2.24, 2.45) is 0 Å². The molecule has 1 amide bonds. The first-order chi connectivity index (χ1) is 9.06. The van der Waals surface area contributed by atoms with Gasteiger partial charge in [0.25, 0.3) is 0 Å². The SMILES string of the molecule is Cc1nc(NCCCC(=O)NC2CC2)sc1C(=O)O. The number of carboxylic acid groups (broad SMARTS) is 1. The van der Waals surface area contributed by atoms with E-state index in [1.165, 1.54) is 0 Å². The second-order valence-electron chi connectivity index (χ2n) is 4.61. The Kier molecular flexibility index (Phi) is 4.36. The highest BCUT2D eigenvalue weighted by atomic mass is 32.1. The van der Waals surface area contributed by atoms with Gasteiger partial charge < -0.3 is 15.7 Å². The summed E-state index contributed by atoms with van der Waals surface area (Å²) < 4.78 is 0. The number of nitrogens with one attached hydrogen (secondary N) is 2. The molecule has 19 heavy (non-hydrogen) atoms. The van der Waals surface area contributed by atoms with Crippen molar-refractivity contribution in [3.63, 3.8) is 0 Å². The molecule has 0 radical (unpaired) electrons. The molecule has 0 saturated heterocycles. The Morgan fingerprint density at radius 3 is 2.79 bits per heavy atom. The summed E-state index contributed by atoms with van der Waals surface area (Å²) in [6.45, 7) is 2.29. The number of aryl methyl sites for hydroxylation is 1. The van der Waals surface area contributed by atoms with Gasteiger partial charge in [0.1, 0.15) is 4.88 Å². The molecule has 0 aliphatic heterocycles. The maximum Gasteiger partial charge on any atom is 0.347 e. The molecule has 1 saturated carbocycles. The fraction of sp³-hybridized carbons (Fsp3) is 0.583. The van der Waals surface area contributed by atoms with Crippen molar-refractivity contribution in [3.8, 4) is 0 Å². The number of hydrogen-bond acceptors (Lipinski definition) is 5. The van der Waals surface area contributed by atoms with Crippen LogP contribution < -0.4 is 10.6 Å². The van der Waals surface area contributed by atoms with Crippen molar-refractivity contribution in [2.45, 2.75) is 38.6 Å². The Morgan fingerprint density at radius 1 is 1.47 bits per heavy atom. The number of aromatic carboxylic acids is 1. The third-order valence-electron chi connectivity index (χ3n) is 2.79. The summed E-state index contributed by atoms with van der Waals surface area (Å²) in [6.07, 6.45) is 3.39. The standard InChI is InChI=1S/C12H17N3O3S/c1-7-10(11(17)18)19-12(14-7)13-6-2-3-9(16)15-8-4-5-8/h8H,2-6H2,1H3,(H,13,14)(H,15,16)(H,17,18). The average molecular weight is 283 g/mol. The Hall–Kier alpha value is -1.63. The molecule has 7 heteroatoms. The zero-order valence-electron chi connectivity index (χ0n) is 10.7. The molecule has 3 N–H and O–H groups in total. The lowest BCUT2D eigenvalue weighted by molar-refractivity contribution is -0.121. The minimum Gasteiger partial charge on any atom is -0.477 e. The number of anilines is 1. The summed E-state index contributed by atoms with van der Waals surface area (Å²) >= 11 is 1.12. The monoisotopic (exact) mass is 283 g/mol. The van der Waals surface area contributed by atoms with Gasteiger partial charge in [-0.1, -0.05) is 11.3 Å². The van der Waals surface area contributed by atoms with E-state index in [-0.39, 0.29) is 10.8 Å². The smallest absolute Gasteiger partial charge is 0.347 e. The largest absolute Gasteiger partial charge is 0.477 e. The minimum atomic E-state index is -0.952. The third kappa shape index (κ3) is 4.20. The number of carboxylic acids is 1. The molecule has 2 rings (SSSR count). The van der Waals surface area contributed by atoms with E-state index in [0.29, 0.717) is 36.3 Å². The normalized spacial score (nSPS) is 14.2. The maximum absolute atomic E-state index is 11.4. The number of amides is 1. The molecule has 1 aliphatic rings. The second-order valence-corrected chi connectivity index (χ2v) is 5.61. The predicted molar refractivity (Wildman–Crippen MR) is 72.7 cm³/mol. The van der Waals surface area contributed by atoms with Crippen LogP contribution in [0.3, 0.4) is 0 Å². The van der Waals surface area contributed by atoms with Gasteiger partial charge in [0.15, 0.2) is 5.13 Å². The number of carbonyl (C=O) groups is 2. The van der Waals surface area contributed by atoms with Crippen molar-refractivity contribution < 1.29 is 14.7 Å². The van der Waals surface area contributed by atoms with Gasteiger partial charge in [0, 0.05) is 19.0 Å². The molecule has 0 spiro atoms. The van der Waals surface area contributed by atoms with E-state index in [1.54, 1.807) is 6.92 Å². The first-order valence-electron chi connectivity index (χ1n) is 6.30. The van der Waals surface area contributed by atoms with Gasteiger partial charge in [-0.25, -0.2) is 9.78 Å². The molecule has 0 unspecified atom stereocenters. The number of carbonyl (C=O) groups excluding carboxylic acids is 1. The van der Waals surface area contributed by atoms with Crippen LogP contribution in [-0.4, -0.2) is 34.6 Å². The topological polar surface area (TPSA) is 91.3 Å². The van der Waals surface area contributed by atoms with E-state index >= 15 is 0 Å². The maximum atomic E-state index is 11.4. The lowest BCUT2D eigenvalue weighted by Gasteiger charge is -2.03. The third-order valence-corrected chi connectivity index (χ3v) is 3.89. The van der Waals surface area contributed by atoms with E-state index in [9.17, 15) is 9.59 Å². The quantitative estimate of drug-likeness (QED) is 0.661. The second kappa shape index (κ2) is 6.01. The van der Waals surface area contributed by atoms with Crippen LogP contribution in [0.1, 0.15) is 41.0 Å². The number of nitrogens with zero attached hydrogens (tertiary/aromatic N) is 1. The van der Waals surface area contributed by atoms with Crippen LogP contribution in [0.15, 0.2) is 0 Å². The van der Waals surface area contributed by atoms with Crippen molar-refractivity contribution in [3.05, 3.63) is 10.6 Å². The van der Waals surface area contributed by atoms with Crippen molar-refractivity contribution in [2.75, 3.05) is 11.9 Å². The van der Waals surface area contributed by atoms with Gasteiger partial charge in [0.05, 0.1) is 5.69 Å². The van der Waals surface area contributed by atoms with Gasteiger partial charge in [-0.05, 0) is 26.2 Å². The molecule has 104 valence electrons.